The zero-order chi connectivity index (χ0) is 17.6. The molecule has 0 aliphatic rings. The second kappa shape index (κ2) is 8.32. The van der Waals surface area contributed by atoms with Gasteiger partial charge in [-0.1, -0.05) is 26.0 Å². The number of hydrogen-bond donors (Lipinski definition) is 1. The van der Waals surface area contributed by atoms with Gasteiger partial charge in [-0.05, 0) is 37.4 Å². The molecule has 7 heteroatoms. The average Bonchev–Trinajstić information content (AvgIpc) is 3.12. The molecule has 0 saturated heterocycles. The van der Waals surface area contributed by atoms with E-state index in [1.807, 2.05) is 19.9 Å². The molecule has 0 amide bonds. The first-order valence-electron chi connectivity index (χ1n) is 7.93. The summed E-state index contributed by atoms with van der Waals surface area (Å²) in [5, 5.41) is 0. The molecule has 1 atom stereocenters. The number of benzene rings is 1. The molecule has 0 saturated carbocycles. The fourth-order valence-electron chi connectivity index (χ4n) is 2.66. The normalized spacial score (nSPS) is 13.2. The number of likely N-dealkylation sites (N-methyl/N-ethyl adjacent to an activating group) is 1. The van der Waals surface area contributed by atoms with Gasteiger partial charge in [-0.2, -0.15) is 0 Å². The average molecular weight is 352 g/mol. The topological polar surface area (TPSA) is 71.8 Å². The molecule has 0 bridgehead atoms. The van der Waals surface area contributed by atoms with E-state index in [0.29, 0.717) is 5.75 Å². The summed E-state index contributed by atoms with van der Waals surface area (Å²) >= 11 is 0. The van der Waals surface area contributed by atoms with Gasteiger partial charge in [0.05, 0.1) is 19.4 Å². The molecule has 1 heterocycles. The van der Waals surface area contributed by atoms with Crippen LogP contribution in [0.5, 0.6) is 5.75 Å². The summed E-state index contributed by atoms with van der Waals surface area (Å²) in [7, 11) is -2.23. The van der Waals surface area contributed by atoms with E-state index in [-0.39, 0.29) is 17.5 Å². The third-order valence-electron chi connectivity index (χ3n) is 3.95. The summed E-state index contributed by atoms with van der Waals surface area (Å²) in [6, 6.07) is 10.1. The van der Waals surface area contributed by atoms with E-state index in [4.69, 9.17) is 9.15 Å². The van der Waals surface area contributed by atoms with E-state index in [1.54, 1.807) is 30.5 Å². The zero-order valence-corrected chi connectivity index (χ0v) is 15.0. The van der Waals surface area contributed by atoms with Crippen LogP contribution in [0.25, 0.3) is 0 Å². The van der Waals surface area contributed by atoms with Crippen molar-refractivity contribution < 1.29 is 17.6 Å². The molecular formula is C17H24N2O4S. The fraction of sp³-hybridized carbons (Fsp3) is 0.412. The number of nitrogens with zero attached hydrogens (tertiary/aromatic N) is 1. The van der Waals surface area contributed by atoms with Crippen molar-refractivity contribution in [2.45, 2.75) is 24.8 Å². The standard InChI is InChI=1S/C17H24N2O4S/c1-4-19(5-2)14(15-10-8-12-23-15)13-18-24(20,21)17-11-7-6-9-16(17)22-3/h6-12,14,18H,4-5,13H2,1-3H3. The maximum Gasteiger partial charge on any atom is 0.244 e. The van der Waals surface area contributed by atoms with Gasteiger partial charge < -0.3 is 9.15 Å². The molecule has 0 aliphatic heterocycles. The van der Waals surface area contributed by atoms with Gasteiger partial charge in [0.15, 0.2) is 0 Å². The summed E-state index contributed by atoms with van der Waals surface area (Å²) in [6.45, 7) is 5.87. The molecule has 0 fully saturated rings. The Morgan fingerprint density at radius 2 is 1.88 bits per heavy atom. The van der Waals surface area contributed by atoms with Crippen LogP contribution < -0.4 is 9.46 Å². The molecule has 1 aromatic heterocycles. The molecule has 1 aromatic carbocycles. The molecule has 0 aliphatic carbocycles. The Labute approximate surface area is 143 Å². The van der Waals surface area contributed by atoms with E-state index < -0.39 is 10.0 Å². The first kappa shape index (κ1) is 18.5. The van der Waals surface area contributed by atoms with Crippen LogP contribution in [0.1, 0.15) is 25.6 Å². The van der Waals surface area contributed by atoms with E-state index in [1.165, 1.54) is 13.2 Å². The lowest BCUT2D eigenvalue weighted by atomic mass is 10.2. The zero-order valence-electron chi connectivity index (χ0n) is 14.2. The van der Waals surface area contributed by atoms with Gasteiger partial charge in [0.1, 0.15) is 16.4 Å². The first-order chi connectivity index (χ1) is 11.5. The Morgan fingerprint density at radius 1 is 1.17 bits per heavy atom. The van der Waals surface area contributed by atoms with Crippen molar-refractivity contribution in [3.05, 3.63) is 48.4 Å². The molecule has 0 spiro atoms. The van der Waals surface area contributed by atoms with Gasteiger partial charge in [-0.15, -0.1) is 0 Å². The maximum absolute atomic E-state index is 12.6. The maximum atomic E-state index is 12.6. The van der Waals surface area contributed by atoms with E-state index in [2.05, 4.69) is 9.62 Å². The summed E-state index contributed by atoms with van der Waals surface area (Å²) in [6.07, 6.45) is 1.60. The van der Waals surface area contributed by atoms with Crippen LogP contribution >= 0.6 is 0 Å². The Morgan fingerprint density at radius 3 is 2.46 bits per heavy atom. The van der Waals surface area contributed by atoms with Gasteiger partial charge >= 0.3 is 0 Å². The molecule has 2 aromatic rings. The monoisotopic (exact) mass is 352 g/mol. The van der Waals surface area contributed by atoms with Crippen molar-refractivity contribution in [2.24, 2.45) is 0 Å². The highest BCUT2D eigenvalue weighted by molar-refractivity contribution is 7.89. The quantitative estimate of drug-likeness (QED) is 0.751. The lowest BCUT2D eigenvalue weighted by Gasteiger charge is -2.28. The molecule has 2 rings (SSSR count). The Kier molecular flexibility index (Phi) is 6.42. The van der Waals surface area contributed by atoms with Crippen LogP contribution in [0.2, 0.25) is 0 Å². The van der Waals surface area contributed by atoms with E-state index in [0.717, 1.165) is 18.8 Å². The van der Waals surface area contributed by atoms with Gasteiger partial charge in [-0.25, -0.2) is 13.1 Å². The van der Waals surface area contributed by atoms with Crippen LogP contribution in [0.15, 0.2) is 52.0 Å². The van der Waals surface area contributed by atoms with Crippen LogP contribution in [0, 0.1) is 0 Å². The van der Waals surface area contributed by atoms with Crippen molar-refractivity contribution in [2.75, 3.05) is 26.7 Å². The molecule has 24 heavy (non-hydrogen) atoms. The fourth-order valence-corrected chi connectivity index (χ4v) is 3.87. The SMILES string of the molecule is CCN(CC)C(CNS(=O)(=O)c1ccccc1OC)c1ccco1. The number of para-hydroxylation sites is 1. The van der Waals surface area contributed by atoms with E-state index in [9.17, 15) is 8.42 Å². The second-order valence-electron chi connectivity index (χ2n) is 5.26. The first-order valence-corrected chi connectivity index (χ1v) is 9.41. The van der Waals surface area contributed by atoms with Crippen molar-refractivity contribution >= 4 is 10.0 Å². The number of sulfonamides is 1. The number of methoxy groups -OCH3 is 1. The molecular weight excluding hydrogens is 328 g/mol. The lowest BCUT2D eigenvalue weighted by Crippen LogP contribution is -2.38. The van der Waals surface area contributed by atoms with Crippen LogP contribution in [-0.2, 0) is 10.0 Å². The van der Waals surface area contributed by atoms with Gasteiger partial charge in [0.25, 0.3) is 0 Å². The largest absolute Gasteiger partial charge is 0.495 e. The highest BCUT2D eigenvalue weighted by Gasteiger charge is 2.25. The number of rotatable bonds is 9. The Bertz CT molecular complexity index is 725. The summed E-state index contributed by atoms with van der Waals surface area (Å²) in [5.74, 6) is 1.06. The van der Waals surface area contributed by atoms with Crippen LogP contribution in [0.4, 0.5) is 0 Å². The third-order valence-corrected chi connectivity index (χ3v) is 5.41. The number of nitrogens with one attached hydrogen (secondary N) is 1. The molecule has 1 unspecified atom stereocenters. The Balaban J connectivity index is 2.22. The number of hydrogen-bond acceptors (Lipinski definition) is 5. The smallest absolute Gasteiger partial charge is 0.244 e. The Hall–Kier alpha value is -1.83. The predicted molar refractivity (Wildman–Crippen MR) is 92.6 cm³/mol. The summed E-state index contributed by atoms with van der Waals surface area (Å²) < 4.78 is 38.6. The minimum absolute atomic E-state index is 0.130. The summed E-state index contributed by atoms with van der Waals surface area (Å²) in [5.41, 5.74) is 0. The van der Waals surface area contributed by atoms with E-state index >= 15 is 0 Å². The third kappa shape index (κ3) is 4.17. The van der Waals surface area contributed by atoms with Crippen molar-refractivity contribution in [1.82, 2.24) is 9.62 Å². The molecule has 1 N–H and O–H groups in total. The van der Waals surface area contributed by atoms with Crippen LogP contribution in [0.3, 0.4) is 0 Å². The molecule has 6 nitrogen and oxygen atoms in total. The second-order valence-corrected chi connectivity index (χ2v) is 6.99. The van der Waals surface area contributed by atoms with Gasteiger partial charge in [-0.3, -0.25) is 4.90 Å². The highest BCUT2D eigenvalue weighted by atomic mass is 32.2. The minimum Gasteiger partial charge on any atom is -0.495 e. The number of ether oxygens (including phenoxy) is 1. The minimum atomic E-state index is -3.68. The molecule has 132 valence electrons. The van der Waals surface area contributed by atoms with Gasteiger partial charge in [0, 0.05) is 6.54 Å². The van der Waals surface area contributed by atoms with Crippen LogP contribution in [-0.4, -0.2) is 40.1 Å². The number of furan rings is 1. The summed E-state index contributed by atoms with van der Waals surface area (Å²) in [4.78, 5) is 2.27. The highest BCUT2D eigenvalue weighted by Crippen LogP contribution is 2.24. The van der Waals surface area contributed by atoms with Crippen molar-refractivity contribution in [3.8, 4) is 5.75 Å². The lowest BCUT2D eigenvalue weighted by molar-refractivity contribution is 0.194. The van der Waals surface area contributed by atoms with Crippen molar-refractivity contribution in [3.63, 3.8) is 0 Å². The predicted octanol–water partition coefficient (Wildman–Crippen LogP) is 2.65. The van der Waals surface area contributed by atoms with Gasteiger partial charge in [0.2, 0.25) is 10.0 Å². The molecule has 0 radical (unpaired) electrons. The van der Waals surface area contributed by atoms with Crippen molar-refractivity contribution in [1.29, 1.82) is 0 Å².